The summed E-state index contributed by atoms with van der Waals surface area (Å²) >= 11 is 0. The smallest absolute Gasteiger partial charge is 0.311 e. The first-order chi connectivity index (χ1) is 12.5. The number of hydrogen-bond acceptors (Lipinski definition) is 5. The minimum Gasteiger partial charge on any atom is -0.426 e. The molecule has 26 heavy (non-hydrogen) atoms. The predicted octanol–water partition coefficient (Wildman–Crippen LogP) is 2.05. The first-order valence-electron chi connectivity index (χ1n) is 8.68. The lowest BCUT2D eigenvalue weighted by atomic mass is 10.1. The Morgan fingerprint density at radius 2 is 1.62 bits per heavy atom. The van der Waals surface area contributed by atoms with Gasteiger partial charge in [0.2, 0.25) is 10.0 Å². The Kier molecular flexibility index (Phi) is 4.42. The van der Waals surface area contributed by atoms with Crippen molar-refractivity contribution in [2.24, 2.45) is 0 Å². The maximum Gasteiger partial charge on any atom is 0.311 e. The highest BCUT2D eigenvalue weighted by molar-refractivity contribution is 7.89. The third-order valence-corrected chi connectivity index (χ3v) is 6.75. The van der Waals surface area contributed by atoms with E-state index in [9.17, 15) is 13.2 Å². The number of carbonyl (C=O) groups excluding carboxylic acids is 1. The summed E-state index contributed by atoms with van der Waals surface area (Å²) in [5, 5.41) is 0. The number of hydrogen-bond donors (Lipinski definition) is 0. The summed E-state index contributed by atoms with van der Waals surface area (Å²) < 4.78 is 32.6. The summed E-state index contributed by atoms with van der Waals surface area (Å²) in [7, 11) is -3.55. The highest BCUT2D eigenvalue weighted by atomic mass is 32.2. The highest BCUT2D eigenvalue weighted by Gasteiger charge is 2.30. The number of anilines is 1. The molecule has 2 aromatic rings. The number of fused-ring (bicyclic) bond motifs is 1. The normalized spacial score (nSPS) is 18.3. The Morgan fingerprint density at radius 3 is 2.35 bits per heavy atom. The molecule has 2 aromatic carbocycles. The Hall–Kier alpha value is -2.38. The monoisotopic (exact) mass is 372 g/mol. The van der Waals surface area contributed by atoms with Crippen LogP contribution in [0.15, 0.2) is 53.4 Å². The minimum atomic E-state index is -3.55. The van der Waals surface area contributed by atoms with Crippen molar-refractivity contribution < 1.29 is 17.9 Å². The van der Waals surface area contributed by atoms with Crippen molar-refractivity contribution in [2.75, 3.05) is 31.1 Å². The van der Waals surface area contributed by atoms with Crippen LogP contribution < -0.4 is 9.64 Å². The van der Waals surface area contributed by atoms with Gasteiger partial charge < -0.3 is 9.64 Å². The second-order valence-corrected chi connectivity index (χ2v) is 8.41. The third-order valence-electron chi connectivity index (χ3n) is 4.85. The average Bonchev–Trinajstić information content (AvgIpc) is 2.68. The fraction of sp³-hybridized carbons (Fsp3) is 0.316. The van der Waals surface area contributed by atoms with Crippen LogP contribution in [0.2, 0.25) is 0 Å². The molecule has 2 aliphatic rings. The van der Waals surface area contributed by atoms with Gasteiger partial charge in [0, 0.05) is 31.9 Å². The summed E-state index contributed by atoms with van der Waals surface area (Å²) in [5.74, 6) is 0.194. The number of sulfonamides is 1. The molecule has 2 heterocycles. The molecule has 0 amide bonds. The van der Waals surface area contributed by atoms with Gasteiger partial charge in [-0.1, -0.05) is 18.2 Å². The van der Waals surface area contributed by atoms with Crippen molar-refractivity contribution in [1.82, 2.24) is 4.31 Å². The van der Waals surface area contributed by atoms with Gasteiger partial charge in [-0.3, -0.25) is 4.79 Å². The second kappa shape index (κ2) is 6.74. The summed E-state index contributed by atoms with van der Waals surface area (Å²) in [6.07, 6.45) is 0.797. The van der Waals surface area contributed by atoms with E-state index in [1.807, 2.05) is 30.3 Å². The zero-order valence-electron chi connectivity index (χ0n) is 14.3. The number of piperazine rings is 1. The number of rotatable bonds is 3. The largest absolute Gasteiger partial charge is 0.426 e. The van der Waals surface area contributed by atoms with Crippen LogP contribution in [0.5, 0.6) is 5.75 Å². The lowest BCUT2D eigenvalue weighted by Gasteiger charge is -2.35. The molecule has 0 saturated carbocycles. The first kappa shape index (κ1) is 17.1. The van der Waals surface area contributed by atoms with Crippen LogP contribution in [0.1, 0.15) is 12.0 Å². The minimum absolute atomic E-state index is 0.266. The fourth-order valence-corrected chi connectivity index (χ4v) is 4.87. The Morgan fingerprint density at radius 1 is 0.885 bits per heavy atom. The molecular weight excluding hydrogens is 352 g/mol. The van der Waals surface area contributed by atoms with Gasteiger partial charge in [0.15, 0.2) is 0 Å². The summed E-state index contributed by atoms with van der Waals surface area (Å²) in [6, 6.07) is 14.8. The van der Waals surface area contributed by atoms with E-state index < -0.39 is 10.0 Å². The van der Waals surface area contributed by atoms with Crippen molar-refractivity contribution in [1.29, 1.82) is 0 Å². The van der Waals surface area contributed by atoms with Gasteiger partial charge in [-0.15, -0.1) is 0 Å². The molecule has 0 atom stereocenters. The van der Waals surface area contributed by atoms with Gasteiger partial charge in [0.05, 0.1) is 11.3 Å². The van der Waals surface area contributed by atoms with E-state index in [1.165, 1.54) is 10.4 Å². The molecule has 1 fully saturated rings. The number of esters is 1. The fourth-order valence-electron chi connectivity index (χ4n) is 3.40. The SMILES string of the molecule is O=C1CCc2cc(S(=O)(=O)N3CCN(c4ccccc4)CC3)ccc2O1. The van der Waals surface area contributed by atoms with Crippen molar-refractivity contribution in [3.63, 3.8) is 0 Å². The van der Waals surface area contributed by atoms with Crippen molar-refractivity contribution >= 4 is 21.7 Å². The summed E-state index contributed by atoms with van der Waals surface area (Å²) in [6.45, 7) is 2.21. The summed E-state index contributed by atoms with van der Waals surface area (Å²) in [5.41, 5.74) is 1.88. The van der Waals surface area contributed by atoms with Gasteiger partial charge in [0.1, 0.15) is 5.75 Å². The van der Waals surface area contributed by atoms with Crippen LogP contribution in [-0.2, 0) is 21.2 Å². The van der Waals surface area contributed by atoms with Gasteiger partial charge >= 0.3 is 5.97 Å². The molecule has 0 bridgehead atoms. The molecule has 0 aliphatic carbocycles. The molecule has 0 spiro atoms. The van der Waals surface area contributed by atoms with Gasteiger partial charge in [-0.2, -0.15) is 4.31 Å². The number of nitrogens with zero attached hydrogens (tertiary/aromatic N) is 2. The highest BCUT2D eigenvalue weighted by Crippen LogP contribution is 2.29. The molecule has 4 rings (SSSR count). The maximum atomic E-state index is 13.0. The second-order valence-electron chi connectivity index (χ2n) is 6.47. The maximum absolute atomic E-state index is 13.0. The van der Waals surface area contributed by atoms with Crippen molar-refractivity contribution in [3.05, 3.63) is 54.1 Å². The molecule has 2 aliphatic heterocycles. The van der Waals surface area contributed by atoms with Gasteiger partial charge in [-0.05, 0) is 42.3 Å². The molecule has 136 valence electrons. The van der Waals surface area contributed by atoms with Crippen LogP contribution in [-0.4, -0.2) is 44.9 Å². The standard InChI is InChI=1S/C19H20N2O4S/c22-19-9-6-15-14-17(7-8-18(15)25-19)26(23,24)21-12-10-20(11-13-21)16-4-2-1-3-5-16/h1-5,7-8,14H,6,9-13H2. The lowest BCUT2D eigenvalue weighted by molar-refractivity contribution is -0.135. The summed E-state index contributed by atoms with van der Waals surface area (Å²) in [4.78, 5) is 13.8. The van der Waals surface area contributed by atoms with E-state index in [1.54, 1.807) is 12.1 Å². The number of aryl methyl sites for hydroxylation is 1. The molecule has 1 saturated heterocycles. The molecule has 0 unspecified atom stereocenters. The van der Waals surface area contributed by atoms with E-state index >= 15 is 0 Å². The van der Waals surface area contributed by atoms with Crippen molar-refractivity contribution in [3.8, 4) is 5.75 Å². The quantitative estimate of drug-likeness (QED) is 0.609. The molecule has 6 nitrogen and oxygen atoms in total. The Balaban J connectivity index is 1.50. The number of ether oxygens (including phenoxy) is 1. The third kappa shape index (κ3) is 3.20. The molecule has 0 aromatic heterocycles. The molecular formula is C19H20N2O4S. The van der Waals surface area contributed by atoms with Crippen molar-refractivity contribution in [2.45, 2.75) is 17.7 Å². The van der Waals surface area contributed by atoms with E-state index in [0.717, 1.165) is 11.3 Å². The Labute approximate surface area is 153 Å². The Bertz CT molecular complexity index is 920. The average molecular weight is 372 g/mol. The number of para-hydroxylation sites is 1. The van der Waals surface area contributed by atoms with E-state index in [-0.39, 0.29) is 17.3 Å². The predicted molar refractivity (Wildman–Crippen MR) is 97.8 cm³/mol. The van der Waals surface area contributed by atoms with Crippen LogP contribution in [0.3, 0.4) is 0 Å². The van der Waals surface area contributed by atoms with Gasteiger partial charge in [0.25, 0.3) is 0 Å². The number of benzene rings is 2. The van der Waals surface area contributed by atoms with Crippen LogP contribution in [0, 0.1) is 0 Å². The lowest BCUT2D eigenvalue weighted by Crippen LogP contribution is -2.48. The molecule has 0 N–H and O–H groups in total. The van der Waals surface area contributed by atoms with Crippen LogP contribution in [0.4, 0.5) is 5.69 Å². The molecule has 0 radical (unpaired) electrons. The first-order valence-corrected chi connectivity index (χ1v) is 10.1. The van der Waals surface area contributed by atoms with E-state index in [4.69, 9.17) is 4.74 Å². The zero-order valence-corrected chi connectivity index (χ0v) is 15.1. The number of carbonyl (C=O) groups is 1. The molecule has 7 heteroatoms. The van der Waals surface area contributed by atoms with Crippen LogP contribution >= 0.6 is 0 Å². The van der Waals surface area contributed by atoms with Crippen LogP contribution in [0.25, 0.3) is 0 Å². The topological polar surface area (TPSA) is 66.9 Å². The zero-order chi connectivity index (χ0) is 18.1. The van der Waals surface area contributed by atoms with Gasteiger partial charge in [-0.25, -0.2) is 8.42 Å². The van der Waals surface area contributed by atoms with E-state index in [2.05, 4.69) is 4.90 Å². The van der Waals surface area contributed by atoms with E-state index in [0.29, 0.717) is 38.3 Å².